The Morgan fingerprint density at radius 1 is 1.22 bits per heavy atom. The molecule has 1 aliphatic heterocycles. The average molecular weight is 369 g/mol. The highest BCUT2D eigenvalue weighted by molar-refractivity contribution is 5.87. The molecule has 1 aliphatic rings. The van der Waals surface area contributed by atoms with E-state index in [1.165, 1.54) is 5.56 Å². The molecule has 3 rings (SSSR count). The van der Waals surface area contributed by atoms with Crippen molar-refractivity contribution in [1.29, 1.82) is 0 Å². The summed E-state index contributed by atoms with van der Waals surface area (Å²) in [7, 11) is 0. The molecule has 0 spiro atoms. The van der Waals surface area contributed by atoms with E-state index >= 15 is 0 Å². The van der Waals surface area contributed by atoms with Gasteiger partial charge in [-0.05, 0) is 47.7 Å². The highest BCUT2D eigenvalue weighted by Gasteiger charge is 2.29. The van der Waals surface area contributed by atoms with E-state index in [9.17, 15) is 9.90 Å². The third-order valence-corrected chi connectivity index (χ3v) is 5.02. The molecule has 0 aliphatic carbocycles. The van der Waals surface area contributed by atoms with Crippen molar-refractivity contribution in [1.82, 2.24) is 4.90 Å². The van der Waals surface area contributed by atoms with Crippen molar-refractivity contribution in [3.8, 4) is 5.75 Å². The molecule has 0 radical (unpaired) electrons. The Labute approximate surface area is 160 Å². The second-order valence-electron chi connectivity index (χ2n) is 7.48. The smallest absolute Gasteiger partial charge is 0.335 e. The third kappa shape index (κ3) is 5.08. The number of β-amino-alcohol motifs (C(OH)–C–C–N with tert-alkyl or cyclic N) is 1. The maximum atomic E-state index is 10.9. The summed E-state index contributed by atoms with van der Waals surface area (Å²) in [6.07, 6.45) is -0.0156. The minimum atomic E-state index is -0.920. The van der Waals surface area contributed by atoms with Gasteiger partial charge < -0.3 is 14.9 Å². The lowest BCUT2D eigenvalue weighted by Crippen LogP contribution is -2.48. The Hall–Kier alpha value is -2.37. The first-order valence-corrected chi connectivity index (χ1v) is 9.41. The van der Waals surface area contributed by atoms with Crippen LogP contribution >= 0.6 is 0 Å². The van der Waals surface area contributed by atoms with Crippen LogP contribution in [0, 0.1) is 0 Å². The molecule has 0 unspecified atom stereocenters. The number of carbonyl (C=O) groups is 1. The van der Waals surface area contributed by atoms with Gasteiger partial charge in [0.05, 0.1) is 5.56 Å². The van der Waals surface area contributed by atoms with Gasteiger partial charge in [0, 0.05) is 19.6 Å². The van der Waals surface area contributed by atoms with Gasteiger partial charge in [0.2, 0.25) is 0 Å². The molecule has 1 heterocycles. The lowest BCUT2D eigenvalue weighted by Gasteiger charge is -2.36. The van der Waals surface area contributed by atoms with Gasteiger partial charge in [0.1, 0.15) is 18.0 Å². The first kappa shape index (κ1) is 19.4. The molecule has 1 saturated heterocycles. The standard InChI is InChI=1S/C22H27NO4/c1-15(2)18-4-3-5-19(12-18)27-21-10-11-23(14-20(21)24)13-16-6-8-17(9-7-16)22(25)26/h3-9,12,15,20-21,24H,10-11,13-14H2,1-2H3,(H,25,26)/t20-,21-/m1/s1. The number of likely N-dealkylation sites (tertiary alicyclic amines) is 1. The lowest BCUT2D eigenvalue weighted by molar-refractivity contribution is -0.0275. The van der Waals surface area contributed by atoms with Gasteiger partial charge in [0.15, 0.2) is 0 Å². The van der Waals surface area contributed by atoms with Gasteiger partial charge in [0.25, 0.3) is 0 Å². The van der Waals surface area contributed by atoms with E-state index < -0.39 is 12.1 Å². The highest BCUT2D eigenvalue weighted by Crippen LogP contribution is 2.24. The van der Waals surface area contributed by atoms with Crippen LogP contribution in [0.4, 0.5) is 0 Å². The van der Waals surface area contributed by atoms with E-state index in [4.69, 9.17) is 9.84 Å². The largest absolute Gasteiger partial charge is 0.488 e. The molecule has 2 N–H and O–H groups in total. The molecule has 0 saturated carbocycles. The Kier molecular flexibility index (Phi) is 6.14. The van der Waals surface area contributed by atoms with Crippen LogP contribution in [-0.4, -0.2) is 46.4 Å². The quantitative estimate of drug-likeness (QED) is 0.815. The molecule has 0 bridgehead atoms. The number of aliphatic hydroxyl groups is 1. The maximum absolute atomic E-state index is 10.9. The summed E-state index contributed by atoms with van der Waals surface area (Å²) in [4.78, 5) is 13.1. The number of hydrogen-bond acceptors (Lipinski definition) is 4. The van der Waals surface area contributed by atoms with Crippen LogP contribution in [0.5, 0.6) is 5.75 Å². The van der Waals surface area contributed by atoms with Crippen LogP contribution in [0.3, 0.4) is 0 Å². The Morgan fingerprint density at radius 2 is 1.96 bits per heavy atom. The molecule has 2 atom stereocenters. The Balaban J connectivity index is 1.56. The van der Waals surface area contributed by atoms with Crippen LogP contribution in [0.25, 0.3) is 0 Å². The third-order valence-electron chi connectivity index (χ3n) is 5.02. The number of rotatable bonds is 6. The Morgan fingerprint density at radius 3 is 2.59 bits per heavy atom. The van der Waals surface area contributed by atoms with E-state index in [0.717, 1.165) is 24.3 Å². The predicted octanol–water partition coefficient (Wildman–Crippen LogP) is 3.52. The molecular weight excluding hydrogens is 342 g/mol. The number of carboxylic acids is 1. The van der Waals surface area contributed by atoms with Gasteiger partial charge in [-0.1, -0.05) is 38.1 Å². The average Bonchev–Trinajstić information content (AvgIpc) is 2.64. The summed E-state index contributed by atoms with van der Waals surface area (Å²) in [6.45, 7) is 6.35. The van der Waals surface area contributed by atoms with Gasteiger partial charge in [-0.2, -0.15) is 0 Å². The van der Waals surface area contributed by atoms with Crippen LogP contribution in [0.2, 0.25) is 0 Å². The molecule has 0 amide bonds. The van der Waals surface area contributed by atoms with Crippen LogP contribution in [0.15, 0.2) is 48.5 Å². The van der Waals surface area contributed by atoms with Crippen molar-refractivity contribution in [2.45, 2.75) is 44.9 Å². The van der Waals surface area contributed by atoms with Crippen LogP contribution in [0.1, 0.15) is 47.7 Å². The number of hydrogen-bond donors (Lipinski definition) is 2. The minimum absolute atomic E-state index is 0.210. The van der Waals surface area contributed by atoms with Gasteiger partial charge in [-0.15, -0.1) is 0 Å². The first-order valence-electron chi connectivity index (χ1n) is 9.41. The van der Waals surface area contributed by atoms with Crippen molar-refractivity contribution < 1.29 is 19.7 Å². The Bertz CT molecular complexity index is 772. The zero-order chi connectivity index (χ0) is 19.4. The van der Waals surface area contributed by atoms with Crippen LogP contribution < -0.4 is 4.74 Å². The van der Waals surface area contributed by atoms with Gasteiger partial charge >= 0.3 is 5.97 Å². The van der Waals surface area contributed by atoms with E-state index in [0.29, 0.717) is 19.0 Å². The summed E-state index contributed by atoms with van der Waals surface area (Å²) < 4.78 is 6.06. The molecule has 5 nitrogen and oxygen atoms in total. The zero-order valence-electron chi connectivity index (χ0n) is 15.8. The van der Waals surface area contributed by atoms with Crippen molar-refractivity contribution in [2.75, 3.05) is 13.1 Å². The molecule has 2 aromatic carbocycles. The fourth-order valence-electron chi connectivity index (χ4n) is 3.39. The number of ether oxygens (including phenoxy) is 1. The summed E-state index contributed by atoms with van der Waals surface area (Å²) in [5.74, 6) is 0.326. The van der Waals surface area contributed by atoms with Crippen molar-refractivity contribution >= 4 is 5.97 Å². The topological polar surface area (TPSA) is 70.0 Å². The maximum Gasteiger partial charge on any atom is 0.335 e. The van der Waals surface area contributed by atoms with Gasteiger partial charge in [-0.3, -0.25) is 4.90 Å². The summed E-state index contributed by atoms with van der Waals surface area (Å²) in [5, 5.41) is 19.5. The zero-order valence-corrected chi connectivity index (χ0v) is 15.8. The summed E-state index contributed by atoms with van der Waals surface area (Å²) in [5.41, 5.74) is 2.55. The number of carboxylic acid groups (broad SMARTS) is 1. The number of aromatic carboxylic acids is 1. The van der Waals surface area contributed by atoms with Crippen molar-refractivity contribution in [3.05, 3.63) is 65.2 Å². The van der Waals surface area contributed by atoms with E-state index in [1.807, 2.05) is 30.3 Å². The monoisotopic (exact) mass is 369 g/mol. The predicted molar refractivity (Wildman–Crippen MR) is 104 cm³/mol. The van der Waals surface area contributed by atoms with Crippen molar-refractivity contribution in [3.63, 3.8) is 0 Å². The molecule has 1 fully saturated rings. The molecular formula is C22H27NO4. The van der Waals surface area contributed by atoms with E-state index in [1.54, 1.807) is 12.1 Å². The van der Waals surface area contributed by atoms with Crippen LogP contribution in [-0.2, 0) is 6.54 Å². The minimum Gasteiger partial charge on any atom is -0.488 e. The molecule has 5 heteroatoms. The summed E-state index contributed by atoms with van der Waals surface area (Å²) in [6, 6.07) is 15.0. The van der Waals surface area contributed by atoms with Crippen molar-refractivity contribution in [2.24, 2.45) is 0 Å². The number of benzene rings is 2. The van der Waals surface area contributed by atoms with E-state index in [-0.39, 0.29) is 11.7 Å². The SMILES string of the molecule is CC(C)c1cccc(O[C@@H]2CCN(Cc3ccc(C(=O)O)cc3)C[C@H]2O)c1. The second kappa shape index (κ2) is 8.55. The fourth-order valence-corrected chi connectivity index (χ4v) is 3.39. The van der Waals surface area contributed by atoms with E-state index in [2.05, 4.69) is 24.8 Å². The first-order chi connectivity index (χ1) is 12.9. The number of aliphatic hydroxyl groups excluding tert-OH is 1. The second-order valence-corrected chi connectivity index (χ2v) is 7.48. The molecule has 2 aromatic rings. The number of nitrogens with zero attached hydrogens (tertiary/aromatic N) is 1. The number of piperidine rings is 1. The molecule has 0 aromatic heterocycles. The summed E-state index contributed by atoms with van der Waals surface area (Å²) >= 11 is 0. The fraction of sp³-hybridized carbons (Fsp3) is 0.409. The molecule has 27 heavy (non-hydrogen) atoms. The van der Waals surface area contributed by atoms with Gasteiger partial charge in [-0.25, -0.2) is 4.79 Å². The lowest BCUT2D eigenvalue weighted by atomic mass is 10.0. The normalized spacial score (nSPS) is 20.6. The highest BCUT2D eigenvalue weighted by atomic mass is 16.5. The molecule has 144 valence electrons.